The molecule has 2 atom stereocenters. The lowest BCUT2D eigenvalue weighted by molar-refractivity contribution is -0.153. The molecule has 0 radical (unpaired) electrons. The highest BCUT2D eigenvalue weighted by Gasteiger charge is 2.55. The fourth-order valence-corrected chi connectivity index (χ4v) is 15.1. The van der Waals surface area contributed by atoms with Gasteiger partial charge in [-0.3, -0.25) is 19.3 Å². The van der Waals surface area contributed by atoms with Gasteiger partial charge in [0.2, 0.25) is 5.60 Å². The average molecular weight is 1200 g/mol. The number of hydrogen-bond donors (Lipinski definition) is 2. The van der Waals surface area contributed by atoms with E-state index in [0.29, 0.717) is 36.3 Å². The van der Waals surface area contributed by atoms with Crippen molar-refractivity contribution in [2.75, 3.05) is 23.9 Å². The number of rotatable bonds is 20. The molecule has 0 spiro atoms. The quantitative estimate of drug-likeness (QED) is 0.0188. The van der Waals surface area contributed by atoms with Crippen LogP contribution in [0.2, 0.25) is 0 Å². The molecule has 2 aliphatic heterocycles. The average Bonchev–Trinajstić information content (AvgIpc) is 2.08. The fourth-order valence-electron chi connectivity index (χ4n) is 10.6. The highest BCUT2D eigenvalue weighted by atomic mass is 32.2. The summed E-state index contributed by atoms with van der Waals surface area (Å²) in [5.41, 5.74) is 3.65. The molecule has 2 N–H and O–H groups in total. The van der Waals surface area contributed by atoms with Crippen LogP contribution in [0.3, 0.4) is 0 Å². The van der Waals surface area contributed by atoms with Gasteiger partial charge in [0.05, 0.1) is 11.3 Å². The van der Waals surface area contributed by atoms with E-state index < -0.39 is 46.2 Å². The molecule has 2 aromatic heterocycles. The Bertz CT molecular complexity index is 3970. The van der Waals surface area contributed by atoms with Crippen LogP contribution in [0.4, 0.5) is 9.52 Å². The number of hydrogen-bond acceptors (Lipinski definition) is 14. The van der Waals surface area contributed by atoms with E-state index >= 15 is 4.79 Å². The molecule has 8 aromatic carbocycles. The molecule has 2 aliphatic rings. The number of amides is 2. The van der Waals surface area contributed by atoms with Gasteiger partial charge in [0.25, 0.3) is 11.8 Å². The Kier molecular flexibility index (Phi) is 16.6. The molecule has 0 aliphatic carbocycles. The number of carbonyl (C=O) groups excluding carboxylic acids is 3. The molecule has 422 valence electrons. The maximum Gasteiger partial charge on any atom is 0.355 e. The van der Waals surface area contributed by atoms with Gasteiger partial charge in [-0.25, -0.2) is 14.2 Å². The minimum Gasteiger partial charge on any atom is -0.497 e. The van der Waals surface area contributed by atoms with Gasteiger partial charge in [-0.15, -0.1) is 46.2 Å². The molecule has 17 heteroatoms. The number of β-lactam (4-membered cyclic amide) rings is 1. The third kappa shape index (κ3) is 11.4. The zero-order valence-electron chi connectivity index (χ0n) is 45.5. The lowest BCUT2D eigenvalue weighted by atomic mass is 9.77. The SMILES string of the molecule is COc1ccc(COC(=O)C2=C(CSc3cc(=O)c4ccc(F)cc4s3)CS[C@H]3C(NC(=O)/C(=N\OC(c4ccccc4)(c4ccccc4)c4ccccc4)c4csc(NC(c5ccccc5)(c5ccccc5)c5ccccc5)n4)C(=O)N23)cc1. The van der Waals surface area contributed by atoms with Gasteiger partial charge in [-0.1, -0.05) is 199 Å². The van der Waals surface area contributed by atoms with Crippen LogP contribution in [0, 0.1) is 5.82 Å². The van der Waals surface area contributed by atoms with E-state index in [4.69, 9.17) is 24.5 Å². The summed E-state index contributed by atoms with van der Waals surface area (Å²) in [6, 6.07) is 70.7. The molecule has 85 heavy (non-hydrogen) atoms. The van der Waals surface area contributed by atoms with Crippen LogP contribution in [-0.4, -0.2) is 63.4 Å². The summed E-state index contributed by atoms with van der Waals surface area (Å²) in [6.07, 6.45) is 0. The number of anilines is 1. The van der Waals surface area contributed by atoms with E-state index in [1.54, 1.807) is 36.8 Å². The van der Waals surface area contributed by atoms with E-state index in [1.807, 2.05) is 146 Å². The van der Waals surface area contributed by atoms with E-state index in [-0.39, 0.29) is 40.6 Å². The maximum absolute atomic E-state index is 15.5. The predicted octanol–water partition coefficient (Wildman–Crippen LogP) is 13.2. The summed E-state index contributed by atoms with van der Waals surface area (Å²) < 4.78 is 26.7. The van der Waals surface area contributed by atoms with Gasteiger partial charge in [0.15, 0.2) is 16.3 Å². The number of methoxy groups -OCH3 is 1. The monoisotopic (exact) mass is 1200 g/mol. The topological polar surface area (TPSA) is 149 Å². The number of halogens is 1. The number of oxime groups is 1. The number of carbonyl (C=O) groups is 3. The summed E-state index contributed by atoms with van der Waals surface area (Å²) in [4.78, 5) is 71.6. The Morgan fingerprint density at radius 2 is 1.25 bits per heavy atom. The molecule has 0 saturated carbocycles. The smallest absolute Gasteiger partial charge is 0.355 e. The van der Waals surface area contributed by atoms with E-state index in [2.05, 4.69) is 47.0 Å². The molecule has 0 bridgehead atoms. The Labute approximate surface area is 506 Å². The number of thiazole rings is 1. The number of fused-ring (bicyclic) bond motifs is 2. The van der Waals surface area contributed by atoms with Crippen molar-refractivity contribution in [3.8, 4) is 5.75 Å². The zero-order valence-corrected chi connectivity index (χ0v) is 48.8. The third-order valence-corrected chi connectivity index (χ3v) is 19.3. The van der Waals surface area contributed by atoms with Gasteiger partial charge in [-0.05, 0) is 58.2 Å². The van der Waals surface area contributed by atoms with Gasteiger partial charge in [0.1, 0.15) is 46.5 Å². The van der Waals surface area contributed by atoms with Crippen LogP contribution in [0.5, 0.6) is 5.75 Å². The predicted molar refractivity (Wildman–Crippen MR) is 335 cm³/mol. The van der Waals surface area contributed by atoms with Crippen molar-refractivity contribution in [2.24, 2.45) is 5.16 Å². The number of thioether (sulfide) groups is 2. The third-order valence-electron chi connectivity index (χ3n) is 14.8. The first-order valence-electron chi connectivity index (χ1n) is 27.1. The summed E-state index contributed by atoms with van der Waals surface area (Å²) in [5, 5.41) is 13.6. The summed E-state index contributed by atoms with van der Waals surface area (Å²) in [5.74, 6) is -1.41. The van der Waals surface area contributed by atoms with Crippen molar-refractivity contribution in [3.05, 3.63) is 308 Å². The molecule has 12 nitrogen and oxygen atoms in total. The second-order valence-electron chi connectivity index (χ2n) is 19.9. The first-order valence-corrected chi connectivity index (χ1v) is 30.8. The highest BCUT2D eigenvalue weighted by molar-refractivity contribution is 8.02. The molecular formula is C68H52FN5O7S4. The van der Waals surface area contributed by atoms with Crippen molar-refractivity contribution in [1.82, 2.24) is 15.2 Å². The second-order valence-corrected chi connectivity index (χ2v) is 24.2. The molecule has 10 aromatic rings. The molecular weight excluding hydrogens is 1150 g/mol. The van der Waals surface area contributed by atoms with Crippen LogP contribution in [0.1, 0.15) is 44.6 Å². The van der Waals surface area contributed by atoms with E-state index in [9.17, 15) is 18.8 Å². The summed E-state index contributed by atoms with van der Waals surface area (Å²) in [6.45, 7) is -0.103. The van der Waals surface area contributed by atoms with Crippen LogP contribution < -0.4 is 20.8 Å². The highest BCUT2D eigenvalue weighted by Crippen LogP contribution is 2.45. The van der Waals surface area contributed by atoms with E-state index in [1.165, 1.54) is 75.4 Å². The van der Waals surface area contributed by atoms with Crippen molar-refractivity contribution in [2.45, 2.75) is 33.4 Å². The molecule has 2 amide bonds. The lowest BCUT2D eigenvalue weighted by Gasteiger charge is -2.49. The number of nitrogens with one attached hydrogen (secondary N) is 2. The minimum absolute atomic E-state index is 0.0454. The molecule has 1 fully saturated rings. The van der Waals surface area contributed by atoms with Crippen LogP contribution in [0.15, 0.2) is 261 Å². The number of nitrogens with zero attached hydrogens (tertiary/aromatic N) is 3. The van der Waals surface area contributed by atoms with Crippen LogP contribution in [0.25, 0.3) is 10.1 Å². The van der Waals surface area contributed by atoms with Crippen molar-refractivity contribution in [1.29, 1.82) is 0 Å². The number of ether oxygens (including phenoxy) is 2. The van der Waals surface area contributed by atoms with Gasteiger partial charge < -0.3 is 24.9 Å². The normalized spacial score (nSPS) is 15.2. The first-order chi connectivity index (χ1) is 41.6. The summed E-state index contributed by atoms with van der Waals surface area (Å²) >= 11 is 5.22. The minimum atomic E-state index is -1.41. The molecule has 12 rings (SSSR count). The van der Waals surface area contributed by atoms with E-state index in [0.717, 1.165) is 33.4 Å². The number of aromatic nitrogens is 1. The van der Waals surface area contributed by atoms with Crippen molar-refractivity contribution >= 4 is 84.9 Å². The Hall–Kier alpha value is -9.13. The summed E-state index contributed by atoms with van der Waals surface area (Å²) in [7, 11) is 1.56. The zero-order chi connectivity index (χ0) is 58.3. The van der Waals surface area contributed by atoms with Gasteiger partial charge in [-0.2, -0.15) is 0 Å². The van der Waals surface area contributed by atoms with Crippen LogP contribution in [-0.2, 0) is 41.7 Å². The standard InChI is InChI=1S/C68H52FN5O7S4/c1-79-53-35-32-44(33-36-53)40-80-65(78)61-45(41-82-58-39-56(75)54-37-34-52(69)38-57(54)85-58)42-83-64-60(63(77)74(61)64)71-62(76)59(73-81-68(49-26-14-5-15-27-49,50-28-16-6-17-29-50)51-30-18-7-19-31-51)55-43-84-66(70-55)72-67(46-20-8-2-9-21-46,47-22-10-3-11-23-47)48-24-12-4-13-25-48/h2-39,43,60,64H,40-42H2,1H3,(H,70,72)(H,71,76)/b73-59-/t60?,64-/m0/s1. The molecule has 4 heterocycles. The first kappa shape index (κ1) is 56.4. The second kappa shape index (κ2) is 25.0. The fraction of sp³-hybridized carbons (Fsp3) is 0.118. The lowest BCUT2D eigenvalue weighted by Crippen LogP contribution is -2.71. The number of esters is 1. The van der Waals surface area contributed by atoms with Gasteiger partial charge >= 0.3 is 5.97 Å². The van der Waals surface area contributed by atoms with Gasteiger partial charge in [0, 0.05) is 49.7 Å². The Morgan fingerprint density at radius 1 is 0.706 bits per heavy atom. The molecule has 1 unspecified atom stereocenters. The van der Waals surface area contributed by atoms with Crippen molar-refractivity contribution in [3.63, 3.8) is 0 Å². The Morgan fingerprint density at radius 3 is 1.79 bits per heavy atom. The largest absolute Gasteiger partial charge is 0.497 e. The number of benzene rings is 8. The molecule has 1 saturated heterocycles. The Balaban J connectivity index is 0.917. The maximum atomic E-state index is 15.5. The van der Waals surface area contributed by atoms with Crippen LogP contribution >= 0.6 is 46.2 Å². The van der Waals surface area contributed by atoms with Crippen molar-refractivity contribution < 1.29 is 33.1 Å².